The summed E-state index contributed by atoms with van der Waals surface area (Å²) in [5, 5.41) is 0. The molecule has 1 fully saturated rings. The maximum Gasteiger partial charge on any atom is 1.00 e. The van der Waals surface area contributed by atoms with Gasteiger partial charge in [0.25, 0.3) is 30.0 Å². The van der Waals surface area contributed by atoms with Crippen molar-refractivity contribution < 1.29 is 154 Å². The maximum atomic E-state index is 8.58. The van der Waals surface area contributed by atoms with Gasteiger partial charge in [-0.2, -0.15) is 0 Å². The molecule has 0 aromatic heterocycles. The molecule has 33 heavy (non-hydrogen) atoms. The summed E-state index contributed by atoms with van der Waals surface area (Å²) in [6, 6.07) is 1.16. The Labute approximate surface area is 300 Å². The number of rotatable bonds is 15. The third-order valence-electron chi connectivity index (χ3n) is 4.63. The molecule has 1 aliphatic heterocycles. The predicted molar refractivity (Wildman–Crippen MR) is 118 cm³/mol. The molecule has 1 rings (SSSR count). The van der Waals surface area contributed by atoms with Gasteiger partial charge >= 0.3 is 128 Å². The minimum atomic E-state index is -5.61. The standard InChI is InChI=1S/C16H40O4Si4.4Na.O4Si/c1-2-3-4-5-6-7-8-9-10-11-12-13-14-15-16-24-19-22-17-21-18-23-20-24;;;;;1-5(2,3)4/h24H,2-16,21-23H2,1H3;;;;;/q;4*+1;-4. The summed E-state index contributed by atoms with van der Waals surface area (Å²) in [7, 11) is -9.26. The van der Waals surface area contributed by atoms with E-state index in [1.807, 2.05) is 0 Å². The fourth-order valence-corrected chi connectivity index (χ4v) is 12.1. The van der Waals surface area contributed by atoms with Gasteiger partial charge in [-0.3, -0.25) is 0 Å². The van der Waals surface area contributed by atoms with Gasteiger partial charge in [-0.1, -0.05) is 96.8 Å². The van der Waals surface area contributed by atoms with Crippen LogP contribution in [0.3, 0.4) is 0 Å². The van der Waals surface area contributed by atoms with Crippen molar-refractivity contribution in [3.63, 3.8) is 0 Å². The van der Waals surface area contributed by atoms with Crippen LogP contribution in [0.1, 0.15) is 96.8 Å². The van der Waals surface area contributed by atoms with Crippen molar-refractivity contribution in [2.24, 2.45) is 0 Å². The largest absolute Gasteiger partial charge is 1.00 e. The van der Waals surface area contributed by atoms with Gasteiger partial charge in [0.15, 0.2) is 0 Å². The quantitative estimate of drug-likeness (QED) is 0.135. The Morgan fingerprint density at radius 3 is 1.18 bits per heavy atom. The Hall–Kier alpha value is 4.76. The van der Waals surface area contributed by atoms with E-state index in [1.54, 1.807) is 0 Å². The van der Waals surface area contributed by atoms with Gasteiger partial charge in [0.2, 0.25) is 0 Å². The molecule has 0 N–H and O–H groups in total. The van der Waals surface area contributed by atoms with Crippen LogP contribution in [-0.2, 0) is 16.5 Å². The average molecular weight is 593 g/mol. The van der Waals surface area contributed by atoms with E-state index in [0.29, 0.717) is 0 Å². The first-order chi connectivity index (χ1) is 13.9. The molecule has 0 bridgehead atoms. The van der Waals surface area contributed by atoms with Crippen LogP contribution in [0.25, 0.3) is 0 Å². The second-order valence-corrected chi connectivity index (χ2v) is 16.5. The van der Waals surface area contributed by atoms with Gasteiger partial charge in [0.05, 0.1) is 0 Å². The molecule has 0 aromatic rings. The van der Waals surface area contributed by atoms with Crippen LogP contribution in [0.15, 0.2) is 0 Å². The fraction of sp³-hybridized carbons (Fsp3) is 1.00. The van der Waals surface area contributed by atoms with Crippen LogP contribution in [0.4, 0.5) is 0 Å². The Kier molecular flexibility index (Phi) is 53.0. The van der Waals surface area contributed by atoms with Gasteiger partial charge in [0, 0.05) is 0 Å². The van der Waals surface area contributed by atoms with Gasteiger partial charge in [-0.05, 0) is 6.04 Å². The molecule has 17 heteroatoms. The minimum Gasteiger partial charge on any atom is -0.894 e. The molecule has 0 aliphatic carbocycles. The zero-order valence-electron chi connectivity index (χ0n) is 22.1. The van der Waals surface area contributed by atoms with Gasteiger partial charge in [0.1, 0.15) is 0 Å². The molecule has 1 aliphatic rings. The molecular weight excluding hydrogens is 553 g/mol. The fourth-order valence-electron chi connectivity index (χ4n) is 3.10. The summed E-state index contributed by atoms with van der Waals surface area (Å²) in [5.41, 5.74) is 0. The molecule has 0 unspecified atom stereocenters. The SMILES string of the molecule is CCCCCCCCCCCCCCCC[SiH]1O[SiH2]O[SiH2]O[SiH2]O1.[Na+].[Na+].[Na+].[Na+].[O-][Si]([O-])([O-])[O-]. The summed E-state index contributed by atoms with van der Waals surface area (Å²) >= 11 is 0. The summed E-state index contributed by atoms with van der Waals surface area (Å²) in [4.78, 5) is 34.3. The van der Waals surface area contributed by atoms with Crippen molar-refractivity contribution in [2.75, 3.05) is 0 Å². The topological polar surface area (TPSA) is 129 Å². The Bertz CT molecular complexity index is 343. The van der Waals surface area contributed by atoms with Crippen molar-refractivity contribution in [3.05, 3.63) is 0 Å². The molecule has 0 atom stereocenters. The summed E-state index contributed by atoms with van der Waals surface area (Å²) in [6.07, 6.45) is 19.8. The van der Waals surface area contributed by atoms with Crippen LogP contribution < -0.4 is 137 Å². The van der Waals surface area contributed by atoms with Gasteiger partial charge in [-0.25, -0.2) is 0 Å². The van der Waals surface area contributed by atoms with Crippen molar-refractivity contribution in [3.8, 4) is 0 Å². The van der Waals surface area contributed by atoms with Crippen molar-refractivity contribution in [1.82, 2.24) is 0 Å². The Balaban J connectivity index is -0.000000262. The van der Waals surface area contributed by atoms with Crippen LogP contribution in [0, 0.1) is 0 Å². The third kappa shape index (κ3) is 46.9. The van der Waals surface area contributed by atoms with E-state index in [0.717, 1.165) is 6.04 Å². The van der Waals surface area contributed by atoms with E-state index in [4.69, 9.17) is 35.6 Å². The molecule has 0 aromatic carbocycles. The van der Waals surface area contributed by atoms with Crippen molar-refractivity contribution in [2.45, 2.75) is 103 Å². The van der Waals surface area contributed by atoms with E-state index in [1.165, 1.54) is 89.9 Å². The van der Waals surface area contributed by atoms with E-state index in [9.17, 15) is 0 Å². The van der Waals surface area contributed by atoms with Gasteiger partial charge in [-0.15, -0.1) is 0 Å². The number of hydrogen-bond donors (Lipinski definition) is 0. The second-order valence-electron chi connectivity index (χ2n) is 7.41. The number of unbranched alkanes of at least 4 members (excludes halogenated alkanes) is 13. The molecule has 1 heterocycles. The monoisotopic (exact) mass is 592 g/mol. The first kappa shape index (κ1) is 47.5. The summed E-state index contributed by atoms with van der Waals surface area (Å²) in [6.45, 7) is 2.29. The zero-order chi connectivity index (χ0) is 21.6. The Morgan fingerprint density at radius 2 is 0.848 bits per heavy atom. The third-order valence-corrected chi connectivity index (χ3v) is 12.2. The Morgan fingerprint density at radius 1 is 0.545 bits per heavy atom. The molecule has 0 spiro atoms. The molecule has 0 amide bonds. The van der Waals surface area contributed by atoms with Gasteiger partial charge < -0.3 is 44.7 Å². The second kappa shape index (κ2) is 36.8. The van der Waals surface area contributed by atoms with E-state index in [-0.39, 0.29) is 118 Å². The van der Waals surface area contributed by atoms with Crippen LogP contribution in [-0.4, -0.2) is 48.4 Å². The van der Waals surface area contributed by atoms with Crippen LogP contribution >= 0.6 is 0 Å². The van der Waals surface area contributed by atoms with Crippen LogP contribution in [0.5, 0.6) is 0 Å². The van der Waals surface area contributed by atoms with Crippen LogP contribution in [0.2, 0.25) is 6.04 Å². The minimum absolute atomic E-state index is 0. The zero-order valence-corrected chi connectivity index (χ0v) is 36.5. The first-order valence-electron chi connectivity index (χ1n) is 11.1. The van der Waals surface area contributed by atoms with E-state index in [2.05, 4.69) is 6.92 Å². The molecule has 0 saturated carbocycles. The molecule has 176 valence electrons. The molecular formula is C16H40Na4O8Si5. The predicted octanol–water partition coefficient (Wildman–Crippen LogP) is -14.4. The maximum absolute atomic E-state index is 8.58. The van der Waals surface area contributed by atoms with E-state index >= 15 is 0 Å². The summed E-state index contributed by atoms with van der Waals surface area (Å²) in [5.74, 6) is 0. The smallest absolute Gasteiger partial charge is 0.894 e. The van der Waals surface area contributed by atoms with Crippen molar-refractivity contribution >= 4 is 48.4 Å². The van der Waals surface area contributed by atoms with E-state index < -0.39 is 48.4 Å². The first-order valence-corrected chi connectivity index (χ1v) is 18.0. The average Bonchev–Trinajstić information content (AvgIpc) is 2.62. The summed E-state index contributed by atoms with van der Waals surface area (Å²) < 4.78 is 22.5. The van der Waals surface area contributed by atoms with Crippen molar-refractivity contribution in [1.29, 1.82) is 0 Å². The molecule has 0 radical (unpaired) electrons. The molecule has 1 saturated heterocycles. The molecule has 8 nitrogen and oxygen atoms in total. The normalized spacial score (nSPS) is 17.9. The number of hydrogen-bond acceptors (Lipinski definition) is 8.